The first kappa shape index (κ1) is 12.5. The van der Waals surface area contributed by atoms with Gasteiger partial charge in [0.1, 0.15) is 5.41 Å². The largest absolute Gasteiger partial charge is 0.468 e. The van der Waals surface area contributed by atoms with Gasteiger partial charge in [-0.15, -0.1) is 0 Å². The number of ether oxygens (including phenoxy) is 1. The molecule has 0 saturated carbocycles. The Balaban J connectivity index is 3.00. The minimum atomic E-state index is -1.31. The highest BCUT2D eigenvalue weighted by atomic mass is 16.5. The fourth-order valence-corrected chi connectivity index (χ4v) is 1.96. The summed E-state index contributed by atoms with van der Waals surface area (Å²) < 4.78 is 4.60. The Morgan fingerprint density at radius 1 is 1.56 bits per heavy atom. The number of carbonyl (C=O) groups is 3. The van der Waals surface area contributed by atoms with Crippen LogP contribution in [0.4, 0.5) is 4.79 Å². The molecule has 1 rings (SSSR count). The summed E-state index contributed by atoms with van der Waals surface area (Å²) in [5, 5.41) is 8.87. The Hall–Kier alpha value is -1.59. The van der Waals surface area contributed by atoms with Crippen LogP contribution < -0.4 is 0 Å². The lowest BCUT2D eigenvalue weighted by Gasteiger charge is -2.37. The third-order valence-corrected chi connectivity index (χ3v) is 3.05. The molecule has 1 N–H and O–H groups in total. The summed E-state index contributed by atoms with van der Waals surface area (Å²) in [6, 6.07) is 0. The van der Waals surface area contributed by atoms with Crippen molar-refractivity contribution in [3.8, 4) is 0 Å². The second-order valence-corrected chi connectivity index (χ2v) is 3.80. The van der Waals surface area contributed by atoms with Crippen LogP contribution in [0, 0.1) is 5.41 Å². The van der Waals surface area contributed by atoms with Crippen LogP contribution in [-0.2, 0) is 14.3 Å². The number of methoxy groups -OCH3 is 1. The van der Waals surface area contributed by atoms with Crippen LogP contribution in [0.2, 0.25) is 0 Å². The molecule has 1 aliphatic rings. The number of amides is 1. The van der Waals surface area contributed by atoms with Gasteiger partial charge in [0.15, 0.2) is 5.78 Å². The van der Waals surface area contributed by atoms with Crippen molar-refractivity contribution in [3.63, 3.8) is 0 Å². The maximum absolute atomic E-state index is 11.8. The number of Topliss-reactive ketones (excluding diaryl/α,β-unsaturated/α-hetero) is 1. The molecule has 0 aromatic heterocycles. The third kappa shape index (κ3) is 1.87. The van der Waals surface area contributed by atoms with Crippen molar-refractivity contribution in [1.29, 1.82) is 0 Å². The van der Waals surface area contributed by atoms with Crippen molar-refractivity contribution in [2.24, 2.45) is 5.41 Å². The van der Waals surface area contributed by atoms with Crippen LogP contribution in [0.15, 0.2) is 0 Å². The van der Waals surface area contributed by atoms with E-state index in [-0.39, 0.29) is 31.7 Å². The van der Waals surface area contributed by atoms with Gasteiger partial charge in [-0.1, -0.05) is 6.92 Å². The second kappa shape index (κ2) is 4.51. The van der Waals surface area contributed by atoms with Crippen LogP contribution >= 0.6 is 0 Å². The highest BCUT2D eigenvalue weighted by Gasteiger charge is 2.49. The predicted molar refractivity (Wildman–Crippen MR) is 54.0 cm³/mol. The molecule has 0 aromatic carbocycles. The Morgan fingerprint density at radius 2 is 2.19 bits per heavy atom. The van der Waals surface area contributed by atoms with E-state index >= 15 is 0 Å². The topological polar surface area (TPSA) is 83.9 Å². The minimum Gasteiger partial charge on any atom is -0.468 e. The molecule has 90 valence electrons. The van der Waals surface area contributed by atoms with Gasteiger partial charge in [-0.3, -0.25) is 9.59 Å². The number of rotatable bonds is 2. The highest BCUT2D eigenvalue weighted by molar-refractivity contribution is 6.05. The van der Waals surface area contributed by atoms with Crippen molar-refractivity contribution in [2.75, 3.05) is 20.2 Å². The highest BCUT2D eigenvalue weighted by Crippen LogP contribution is 2.31. The van der Waals surface area contributed by atoms with Gasteiger partial charge in [0.05, 0.1) is 7.11 Å². The zero-order valence-corrected chi connectivity index (χ0v) is 9.36. The quantitative estimate of drug-likeness (QED) is 0.551. The minimum absolute atomic E-state index is 0.0647. The number of carbonyl (C=O) groups excluding carboxylic acids is 2. The van der Waals surface area contributed by atoms with E-state index in [0.717, 1.165) is 4.90 Å². The van der Waals surface area contributed by atoms with Crippen LogP contribution in [0.25, 0.3) is 0 Å². The van der Waals surface area contributed by atoms with E-state index in [1.54, 1.807) is 6.92 Å². The standard InChI is InChI=1S/C10H15NO5/c1-3-10(8(13)16-2)6-11(9(14)15)5-4-7(10)12/h3-6H2,1-2H3,(H,14,15). The number of likely N-dealkylation sites (tertiary alicyclic amines) is 1. The Labute approximate surface area is 93.2 Å². The zero-order valence-electron chi connectivity index (χ0n) is 9.36. The molecule has 1 heterocycles. The fraction of sp³-hybridized carbons (Fsp3) is 0.700. The third-order valence-electron chi connectivity index (χ3n) is 3.05. The Bertz CT molecular complexity index is 317. The van der Waals surface area contributed by atoms with E-state index in [0.29, 0.717) is 0 Å². The van der Waals surface area contributed by atoms with E-state index in [1.807, 2.05) is 0 Å². The number of hydrogen-bond acceptors (Lipinski definition) is 4. The van der Waals surface area contributed by atoms with E-state index in [2.05, 4.69) is 4.74 Å². The average molecular weight is 229 g/mol. The van der Waals surface area contributed by atoms with Crippen molar-refractivity contribution in [3.05, 3.63) is 0 Å². The predicted octanol–water partition coefficient (Wildman–Crippen LogP) is 0.509. The van der Waals surface area contributed by atoms with Crippen molar-refractivity contribution >= 4 is 17.8 Å². The van der Waals surface area contributed by atoms with Gasteiger partial charge >= 0.3 is 12.1 Å². The lowest BCUT2D eigenvalue weighted by atomic mass is 9.76. The van der Waals surface area contributed by atoms with Crippen molar-refractivity contribution in [1.82, 2.24) is 4.90 Å². The molecule has 1 aliphatic heterocycles. The Kier molecular flexibility index (Phi) is 3.51. The molecule has 6 heteroatoms. The molecule has 0 radical (unpaired) electrons. The lowest BCUT2D eigenvalue weighted by Crippen LogP contribution is -2.55. The van der Waals surface area contributed by atoms with Gasteiger partial charge in [-0.05, 0) is 6.42 Å². The van der Waals surface area contributed by atoms with E-state index in [1.165, 1.54) is 7.11 Å². The number of carboxylic acid groups (broad SMARTS) is 1. The van der Waals surface area contributed by atoms with Crippen LogP contribution in [0.5, 0.6) is 0 Å². The van der Waals surface area contributed by atoms with Crippen LogP contribution in [-0.4, -0.2) is 48.1 Å². The summed E-state index contributed by atoms with van der Waals surface area (Å²) in [6.45, 7) is 1.72. The monoisotopic (exact) mass is 229 g/mol. The van der Waals surface area contributed by atoms with Crippen LogP contribution in [0.1, 0.15) is 19.8 Å². The maximum Gasteiger partial charge on any atom is 0.407 e. The molecule has 0 bridgehead atoms. The molecule has 1 saturated heterocycles. The molecule has 1 atom stereocenters. The van der Waals surface area contributed by atoms with Gasteiger partial charge < -0.3 is 14.7 Å². The van der Waals surface area contributed by atoms with E-state index < -0.39 is 17.5 Å². The van der Waals surface area contributed by atoms with Gasteiger partial charge in [0.2, 0.25) is 0 Å². The molecule has 0 aliphatic carbocycles. The van der Waals surface area contributed by atoms with E-state index in [9.17, 15) is 14.4 Å². The fourth-order valence-electron chi connectivity index (χ4n) is 1.96. The number of nitrogens with zero attached hydrogens (tertiary/aromatic N) is 1. The summed E-state index contributed by atoms with van der Waals surface area (Å²) in [6.07, 6.45) is -0.799. The lowest BCUT2D eigenvalue weighted by molar-refractivity contribution is -0.161. The zero-order chi connectivity index (χ0) is 12.3. The first-order chi connectivity index (χ1) is 7.47. The normalized spacial score (nSPS) is 25.4. The molecular formula is C10H15NO5. The molecule has 0 spiro atoms. The number of piperidine rings is 1. The summed E-state index contributed by atoms with van der Waals surface area (Å²) in [5.41, 5.74) is -1.31. The average Bonchev–Trinajstić information content (AvgIpc) is 2.28. The smallest absolute Gasteiger partial charge is 0.407 e. The summed E-state index contributed by atoms with van der Waals surface area (Å²) in [4.78, 5) is 35.4. The SMILES string of the molecule is CCC1(C(=O)OC)CN(C(=O)O)CCC1=O. The first-order valence-electron chi connectivity index (χ1n) is 5.07. The molecule has 6 nitrogen and oxygen atoms in total. The second-order valence-electron chi connectivity index (χ2n) is 3.80. The number of esters is 1. The number of hydrogen-bond donors (Lipinski definition) is 1. The first-order valence-corrected chi connectivity index (χ1v) is 5.07. The van der Waals surface area contributed by atoms with Gasteiger partial charge in [0.25, 0.3) is 0 Å². The van der Waals surface area contributed by atoms with E-state index in [4.69, 9.17) is 5.11 Å². The van der Waals surface area contributed by atoms with Crippen molar-refractivity contribution in [2.45, 2.75) is 19.8 Å². The van der Waals surface area contributed by atoms with Crippen LogP contribution in [0.3, 0.4) is 0 Å². The molecule has 16 heavy (non-hydrogen) atoms. The van der Waals surface area contributed by atoms with Crippen molar-refractivity contribution < 1.29 is 24.2 Å². The van der Waals surface area contributed by atoms with Gasteiger partial charge in [-0.25, -0.2) is 4.79 Å². The maximum atomic E-state index is 11.8. The van der Waals surface area contributed by atoms with Gasteiger partial charge in [-0.2, -0.15) is 0 Å². The molecule has 0 aromatic rings. The van der Waals surface area contributed by atoms with Gasteiger partial charge in [0, 0.05) is 19.5 Å². The molecule has 1 fully saturated rings. The molecule has 1 amide bonds. The summed E-state index contributed by atoms with van der Waals surface area (Å²) in [5.74, 6) is -0.884. The molecular weight excluding hydrogens is 214 g/mol. The summed E-state index contributed by atoms with van der Waals surface area (Å²) >= 11 is 0. The Morgan fingerprint density at radius 3 is 2.62 bits per heavy atom. The number of ketones is 1. The molecule has 1 unspecified atom stereocenters. The summed E-state index contributed by atoms with van der Waals surface area (Å²) in [7, 11) is 1.20.